The lowest BCUT2D eigenvalue weighted by Gasteiger charge is -2.41. The average molecular weight is 448 g/mol. The first-order valence-corrected chi connectivity index (χ1v) is 10.2. The Kier molecular flexibility index (Phi) is 7.06. The number of phenolic OH excluding ortho intramolecular Hbond substituents is 3. The minimum absolute atomic E-state index is 0.00909. The van der Waals surface area contributed by atoms with Crippen LogP contribution in [-0.4, -0.2) is 72.6 Å². The molecule has 0 spiro atoms. The molecule has 0 aromatic heterocycles. The lowest BCUT2D eigenvalue weighted by atomic mass is 9.85. The normalized spacial score (nSPS) is 25.6. The van der Waals surface area contributed by atoms with Crippen molar-refractivity contribution >= 4 is 5.78 Å². The number of ketones is 1. The second-order valence-corrected chi connectivity index (χ2v) is 8.07. The number of hydrogen-bond acceptors (Lipinski definition) is 9. The topological polar surface area (TPSA) is 168 Å². The third-order valence-corrected chi connectivity index (χ3v) is 6.08. The summed E-state index contributed by atoms with van der Waals surface area (Å²) in [6.45, 7) is 2.45. The summed E-state index contributed by atoms with van der Waals surface area (Å²) in [5, 5.41) is 71.0. The van der Waals surface area contributed by atoms with Gasteiger partial charge in [-0.15, -0.1) is 0 Å². The Bertz CT molecular complexity index is 984. The maximum absolute atomic E-state index is 12.9. The number of aliphatic hydroxyl groups is 4. The number of benzene rings is 2. The van der Waals surface area contributed by atoms with Gasteiger partial charge in [0.1, 0.15) is 53.3 Å². The molecule has 0 saturated carbocycles. The number of ether oxygens (including phenoxy) is 1. The van der Waals surface area contributed by atoms with Gasteiger partial charge in [-0.1, -0.05) is 12.1 Å². The van der Waals surface area contributed by atoms with Crippen LogP contribution < -0.4 is 0 Å². The fourth-order valence-corrected chi connectivity index (χ4v) is 3.99. The first kappa shape index (κ1) is 24.0. The zero-order chi connectivity index (χ0) is 23.7. The number of phenols is 3. The molecule has 9 heteroatoms. The van der Waals surface area contributed by atoms with E-state index in [0.717, 1.165) is 5.56 Å². The van der Waals surface area contributed by atoms with Crippen LogP contribution in [0.5, 0.6) is 17.2 Å². The summed E-state index contributed by atoms with van der Waals surface area (Å²) >= 11 is 0. The molecule has 174 valence electrons. The zero-order valence-electron chi connectivity index (χ0n) is 17.8. The van der Waals surface area contributed by atoms with Crippen LogP contribution in [-0.2, 0) is 11.2 Å². The van der Waals surface area contributed by atoms with Crippen molar-refractivity contribution in [1.82, 2.24) is 0 Å². The fourth-order valence-electron chi connectivity index (χ4n) is 3.99. The Morgan fingerprint density at radius 1 is 0.906 bits per heavy atom. The summed E-state index contributed by atoms with van der Waals surface area (Å²) in [6.07, 6.45) is -7.19. The minimum Gasteiger partial charge on any atom is -0.508 e. The molecule has 5 atom stereocenters. The fraction of sp³-hybridized carbons (Fsp3) is 0.435. The van der Waals surface area contributed by atoms with Gasteiger partial charge in [0.25, 0.3) is 0 Å². The maximum atomic E-state index is 12.9. The molecule has 2 aromatic rings. The highest BCUT2D eigenvalue weighted by Gasteiger charge is 2.46. The van der Waals surface area contributed by atoms with E-state index in [1.54, 1.807) is 19.1 Å². The quantitative estimate of drug-likeness (QED) is 0.315. The molecule has 0 radical (unpaired) electrons. The van der Waals surface area contributed by atoms with Crippen molar-refractivity contribution < 1.29 is 45.3 Å². The van der Waals surface area contributed by atoms with E-state index in [1.807, 2.05) is 0 Å². The van der Waals surface area contributed by atoms with E-state index in [9.17, 15) is 40.5 Å². The van der Waals surface area contributed by atoms with Gasteiger partial charge < -0.3 is 40.5 Å². The molecule has 1 fully saturated rings. The van der Waals surface area contributed by atoms with Crippen LogP contribution in [0, 0.1) is 13.8 Å². The molecule has 1 aliphatic rings. The largest absolute Gasteiger partial charge is 0.508 e. The van der Waals surface area contributed by atoms with Gasteiger partial charge in [-0.05, 0) is 49.1 Å². The van der Waals surface area contributed by atoms with Gasteiger partial charge in [0.2, 0.25) is 0 Å². The summed E-state index contributed by atoms with van der Waals surface area (Å²) in [5.41, 5.74) is 1.04. The number of carbonyl (C=O) groups excluding carboxylic acids is 1. The first-order valence-electron chi connectivity index (χ1n) is 10.2. The summed E-state index contributed by atoms with van der Waals surface area (Å²) in [5.74, 6) is -1.45. The SMILES string of the molecule is Cc1c(C)c(C2OC(CO)C(O)C(O)C2O)c(O)c(C(=O)CCc2ccc(O)cc2)c1O. The van der Waals surface area contributed by atoms with E-state index in [1.165, 1.54) is 19.1 Å². The zero-order valence-corrected chi connectivity index (χ0v) is 17.8. The van der Waals surface area contributed by atoms with Gasteiger partial charge in [-0.2, -0.15) is 0 Å². The highest BCUT2D eigenvalue weighted by Crippen LogP contribution is 2.45. The number of hydrogen-bond donors (Lipinski definition) is 7. The van der Waals surface area contributed by atoms with E-state index in [-0.39, 0.29) is 28.9 Å². The number of rotatable bonds is 6. The Hall–Kier alpha value is -2.69. The van der Waals surface area contributed by atoms with Gasteiger partial charge >= 0.3 is 0 Å². The number of Topliss-reactive ketones (excluding diaryl/α,β-unsaturated/α-hetero) is 1. The highest BCUT2D eigenvalue weighted by molar-refractivity contribution is 6.02. The Morgan fingerprint density at radius 3 is 2.12 bits per heavy atom. The van der Waals surface area contributed by atoms with Gasteiger partial charge in [0.05, 0.1) is 6.61 Å². The molecule has 2 aromatic carbocycles. The monoisotopic (exact) mass is 448 g/mol. The van der Waals surface area contributed by atoms with Crippen LogP contribution in [0.15, 0.2) is 24.3 Å². The van der Waals surface area contributed by atoms with E-state index in [0.29, 0.717) is 12.0 Å². The van der Waals surface area contributed by atoms with Crippen LogP contribution >= 0.6 is 0 Å². The first-order chi connectivity index (χ1) is 15.1. The van der Waals surface area contributed by atoms with E-state index < -0.39 is 54.4 Å². The molecule has 32 heavy (non-hydrogen) atoms. The smallest absolute Gasteiger partial charge is 0.170 e. The molecular weight excluding hydrogens is 420 g/mol. The molecule has 0 aliphatic carbocycles. The Balaban J connectivity index is 1.98. The van der Waals surface area contributed by atoms with Crippen molar-refractivity contribution in [2.75, 3.05) is 6.61 Å². The summed E-state index contributed by atoms with van der Waals surface area (Å²) < 4.78 is 5.56. The van der Waals surface area contributed by atoms with Gasteiger partial charge in [-0.25, -0.2) is 0 Å². The predicted octanol–water partition coefficient (Wildman–Crippen LogP) is 0.751. The van der Waals surface area contributed by atoms with Crippen molar-refractivity contribution in [2.45, 2.75) is 57.2 Å². The van der Waals surface area contributed by atoms with Crippen molar-refractivity contribution in [3.05, 3.63) is 52.1 Å². The summed E-state index contributed by atoms with van der Waals surface area (Å²) in [4.78, 5) is 12.9. The predicted molar refractivity (Wildman–Crippen MR) is 113 cm³/mol. The molecule has 3 rings (SSSR count). The second kappa shape index (κ2) is 9.43. The Morgan fingerprint density at radius 2 is 1.53 bits per heavy atom. The van der Waals surface area contributed by atoms with Crippen molar-refractivity contribution in [3.8, 4) is 17.2 Å². The van der Waals surface area contributed by atoms with Gasteiger partial charge in [-0.3, -0.25) is 4.79 Å². The molecule has 1 saturated heterocycles. The summed E-state index contributed by atoms with van der Waals surface area (Å²) in [6, 6.07) is 6.29. The number of aryl methyl sites for hydroxylation is 1. The Labute approximate surface area is 184 Å². The third-order valence-electron chi connectivity index (χ3n) is 6.08. The molecule has 5 unspecified atom stereocenters. The van der Waals surface area contributed by atoms with E-state index >= 15 is 0 Å². The molecule has 7 N–H and O–H groups in total. The van der Waals surface area contributed by atoms with E-state index in [4.69, 9.17) is 4.74 Å². The number of aliphatic hydroxyl groups excluding tert-OH is 4. The van der Waals surface area contributed by atoms with Crippen molar-refractivity contribution in [1.29, 1.82) is 0 Å². The molecule has 1 heterocycles. The van der Waals surface area contributed by atoms with Gasteiger partial charge in [0, 0.05) is 12.0 Å². The number of carbonyl (C=O) groups is 1. The minimum atomic E-state index is -1.66. The third kappa shape index (κ3) is 4.30. The molecule has 1 aliphatic heterocycles. The maximum Gasteiger partial charge on any atom is 0.170 e. The van der Waals surface area contributed by atoms with Crippen LogP contribution in [0.25, 0.3) is 0 Å². The van der Waals surface area contributed by atoms with Crippen LogP contribution in [0.1, 0.15) is 45.1 Å². The molecule has 0 bridgehead atoms. The van der Waals surface area contributed by atoms with Crippen LogP contribution in [0.2, 0.25) is 0 Å². The van der Waals surface area contributed by atoms with Crippen molar-refractivity contribution in [2.24, 2.45) is 0 Å². The summed E-state index contributed by atoms with van der Waals surface area (Å²) in [7, 11) is 0. The number of aromatic hydroxyl groups is 3. The van der Waals surface area contributed by atoms with Crippen LogP contribution in [0.4, 0.5) is 0 Å². The molecular formula is C23H28O9. The average Bonchev–Trinajstić information content (AvgIpc) is 2.77. The van der Waals surface area contributed by atoms with E-state index in [2.05, 4.69) is 0 Å². The van der Waals surface area contributed by atoms with Crippen molar-refractivity contribution in [3.63, 3.8) is 0 Å². The lowest BCUT2D eigenvalue weighted by molar-refractivity contribution is -0.232. The highest BCUT2D eigenvalue weighted by atomic mass is 16.5. The standard InChI is InChI=1S/C23H28O9/c1-10-11(2)18(27)17(14(26)8-5-12-3-6-13(25)7-4-12)20(29)16(10)23-22(31)21(30)19(28)15(9-24)32-23/h3-4,6-7,15,19,21-25,27-31H,5,8-9H2,1-2H3. The molecule has 9 nitrogen and oxygen atoms in total. The van der Waals surface area contributed by atoms with Crippen LogP contribution in [0.3, 0.4) is 0 Å². The molecule has 0 amide bonds. The van der Waals surface area contributed by atoms with Gasteiger partial charge in [0.15, 0.2) is 5.78 Å². The lowest BCUT2D eigenvalue weighted by Crippen LogP contribution is -2.55. The second-order valence-electron chi connectivity index (χ2n) is 8.07.